The summed E-state index contributed by atoms with van der Waals surface area (Å²) in [5.74, 6) is -0.486. The molecule has 126 valence electrons. The van der Waals surface area contributed by atoms with Gasteiger partial charge >= 0.3 is 0 Å². The highest BCUT2D eigenvalue weighted by Gasteiger charge is 2.18. The van der Waals surface area contributed by atoms with Crippen molar-refractivity contribution in [3.8, 4) is 17.0 Å². The molecular formula is C17H14N4O4. The van der Waals surface area contributed by atoms with Gasteiger partial charge in [-0.1, -0.05) is 24.3 Å². The minimum Gasteiger partial charge on any atom is -0.507 e. The number of anilines is 1. The zero-order chi connectivity index (χ0) is 18.0. The van der Waals surface area contributed by atoms with Crippen LogP contribution < -0.4 is 5.32 Å². The van der Waals surface area contributed by atoms with Crippen LogP contribution in [-0.4, -0.2) is 26.1 Å². The maximum atomic E-state index is 12.3. The van der Waals surface area contributed by atoms with Crippen LogP contribution in [0.5, 0.6) is 5.75 Å². The number of nitrogens with one attached hydrogen (secondary N) is 2. The van der Waals surface area contributed by atoms with Gasteiger partial charge in [0.1, 0.15) is 17.1 Å². The minimum absolute atomic E-state index is 0.0830. The number of nitrogens with zero attached hydrogens (tertiary/aromatic N) is 2. The number of nitro benzene ring substituents is 1. The molecule has 2 aromatic carbocycles. The Morgan fingerprint density at radius 1 is 1.24 bits per heavy atom. The van der Waals surface area contributed by atoms with Crippen LogP contribution in [0.2, 0.25) is 0 Å². The van der Waals surface area contributed by atoms with Crippen molar-refractivity contribution < 1.29 is 14.8 Å². The summed E-state index contributed by atoms with van der Waals surface area (Å²) in [7, 11) is 0. The number of carbonyl (C=O) groups is 1. The minimum atomic E-state index is -0.571. The van der Waals surface area contributed by atoms with E-state index in [0.717, 1.165) is 0 Å². The SMILES string of the molecule is Cc1cccc(-c2cc(C(=O)Nc3ccccc3[N+](=O)[O-])[nH]n2)c1O. The number of amides is 1. The third-order valence-corrected chi connectivity index (χ3v) is 3.69. The Hall–Kier alpha value is -3.68. The maximum Gasteiger partial charge on any atom is 0.292 e. The van der Waals surface area contributed by atoms with Crippen molar-refractivity contribution in [3.63, 3.8) is 0 Å². The number of aromatic hydroxyl groups is 1. The van der Waals surface area contributed by atoms with Gasteiger partial charge in [-0.3, -0.25) is 20.0 Å². The van der Waals surface area contributed by atoms with Gasteiger partial charge in [0.15, 0.2) is 0 Å². The molecule has 0 saturated heterocycles. The van der Waals surface area contributed by atoms with Crippen LogP contribution >= 0.6 is 0 Å². The molecule has 0 radical (unpaired) electrons. The van der Waals surface area contributed by atoms with E-state index in [-0.39, 0.29) is 22.8 Å². The molecule has 0 bridgehead atoms. The van der Waals surface area contributed by atoms with Crippen molar-refractivity contribution in [2.24, 2.45) is 0 Å². The number of phenolic OH excluding ortho intramolecular Hbond substituents is 1. The number of para-hydroxylation sites is 3. The molecule has 8 heteroatoms. The number of phenols is 1. The van der Waals surface area contributed by atoms with E-state index in [1.165, 1.54) is 24.3 Å². The van der Waals surface area contributed by atoms with Crippen LogP contribution in [0.15, 0.2) is 48.5 Å². The second kappa shape index (κ2) is 6.44. The molecular weight excluding hydrogens is 324 g/mol. The number of rotatable bonds is 4. The van der Waals surface area contributed by atoms with Gasteiger partial charge in [0.05, 0.1) is 10.6 Å². The number of hydrogen-bond acceptors (Lipinski definition) is 5. The van der Waals surface area contributed by atoms with E-state index in [9.17, 15) is 20.0 Å². The van der Waals surface area contributed by atoms with Crippen LogP contribution in [0.25, 0.3) is 11.3 Å². The fourth-order valence-electron chi connectivity index (χ4n) is 2.37. The van der Waals surface area contributed by atoms with E-state index in [2.05, 4.69) is 15.5 Å². The van der Waals surface area contributed by atoms with Crippen molar-refractivity contribution in [3.05, 3.63) is 69.9 Å². The topological polar surface area (TPSA) is 121 Å². The van der Waals surface area contributed by atoms with Gasteiger partial charge in [-0.25, -0.2) is 0 Å². The monoisotopic (exact) mass is 338 g/mol. The molecule has 3 rings (SSSR count). The van der Waals surface area contributed by atoms with E-state index >= 15 is 0 Å². The van der Waals surface area contributed by atoms with Crippen LogP contribution in [-0.2, 0) is 0 Å². The molecule has 0 aliphatic rings. The van der Waals surface area contributed by atoms with Crippen LogP contribution in [0.1, 0.15) is 16.1 Å². The average Bonchev–Trinajstić information content (AvgIpc) is 3.07. The molecule has 1 amide bonds. The molecule has 1 aromatic heterocycles. The summed E-state index contributed by atoms with van der Waals surface area (Å²) in [6, 6.07) is 12.5. The molecule has 0 atom stereocenters. The predicted molar refractivity (Wildman–Crippen MR) is 91.5 cm³/mol. The molecule has 25 heavy (non-hydrogen) atoms. The number of aromatic amines is 1. The van der Waals surface area contributed by atoms with Crippen LogP contribution in [0.3, 0.4) is 0 Å². The predicted octanol–water partition coefficient (Wildman–Crippen LogP) is 3.25. The highest BCUT2D eigenvalue weighted by atomic mass is 16.6. The van der Waals surface area contributed by atoms with E-state index < -0.39 is 10.8 Å². The Bertz CT molecular complexity index is 965. The molecule has 0 aliphatic carbocycles. The van der Waals surface area contributed by atoms with E-state index in [4.69, 9.17) is 0 Å². The third kappa shape index (κ3) is 3.18. The zero-order valence-electron chi connectivity index (χ0n) is 13.2. The molecule has 1 heterocycles. The summed E-state index contributed by atoms with van der Waals surface area (Å²) in [5.41, 5.74) is 1.58. The van der Waals surface area contributed by atoms with Crippen molar-refractivity contribution in [2.45, 2.75) is 6.92 Å². The van der Waals surface area contributed by atoms with E-state index in [1.54, 1.807) is 31.2 Å². The highest BCUT2D eigenvalue weighted by Crippen LogP contribution is 2.31. The summed E-state index contributed by atoms with van der Waals surface area (Å²) in [5, 5.41) is 30.2. The Morgan fingerprint density at radius 2 is 2.00 bits per heavy atom. The van der Waals surface area contributed by atoms with Crippen molar-refractivity contribution in [1.29, 1.82) is 0 Å². The summed E-state index contributed by atoms with van der Waals surface area (Å²) in [4.78, 5) is 22.8. The van der Waals surface area contributed by atoms with Crippen molar-refractivity contribution in [1.82, 2.24) is 10.2 Å². The van der Waals surface area contributed by atoms with Gasteiger partial charge in [-0.15, -0.1) is 0 Å². The van der Waals surface area contributed by atoms with Crippen molar-refractivity contribution >= 4 is 17.3 Å². The molecule has 0 spiro atoms. The number of carbonyl (C=O) groups excluding carboxylic acids is 1. The maximum absolute atomic E-state index is 12.3. The molecule has 0 unspecified atom stereocenters. The Balaban J connectivity index is 1.87. The number of aryl methyl sites for hydroxylation is 1. The van der Waals surface area contributed by atoms with Gasteiger partial charge < -0.3 is 10.4 Å². The second-order valence-electron chi connectivity index (χ2n) is 5.37. The summed E-state index contributed by atoms with van der Waals surface area (Å²) in [6.07, 6.45) is 0. The van der Waals surface area contributed by atoms with Crippen molar-refractivity contribution in [2.75, 3.05) is 5.32 Å². The lowest BCUT2D eigenvalue weighted by Crippen LogP contribution is -2.13. The smallest absolute Gasteiger partial charge is 0.292 e. The Morgan fingerprint density at radius 3 is 2.76 bits per heavy atom. The third-order valence-electron chi connectivity index (χ3n) is 3.69. The first kappa shape index (κ1) is 16.2. The van der Waals surface area contributed by atoms with Gasteiger partial charge in [0.2, 0.25) is 0 Å². The van der Waals surface area contributed by atoms with Gasteiger partial charge in [-0.2, -0.15) is 5.10 Å². The van der Waals surface area contributed by atoms with E-state index in [1.807, 2.05) is 0 Å². The number of H-pyrrole nitrogens is 1. The molecule has 3 N–H and O–H groups in total. The van der Waals surface area contributed by atoms with Crippen LogP contribution in [0, 0.1) is 17.0 Å². The fourth-order valence-corrected chi connectivity index (χ4v) is 2.37. The normalized spacial score (nSPS) is 10.4. The number of nitro groups is 1. The summed E-state index contributed by atoms with van der Waals surface area (Å²) in [6.45, 7) is 1.76. The van der Waals surface area contributed by atoms with Gasteiger partial charge in [0, 0.05) is 11.6 Å². The first-order valence-electron chi connectivity index (χ1n) is 7.36. The average molecular weight is 338 g/mol. The molecule has 3 aromatic rings. The molecule has 0 aliphatic heterocycles. The lowest BCUT2D eigenvalue weighted by Gasteiger charge is -2.04. The number of hydrogen-bond donors (Lipinski definition) is 3. The zero-order valence-corrected chi connectivity index (χ0v) is 13.2. The second-order valence-corrected chi connectivity index (χ2v) is 5.37. The lowest BCUT2D eigenvalue weighted by atomic mass is 10.1. The number of benzene rings is 2. The van der Waals surface area contributed by atoms with Gasteiger partial charge in [-0.05, 0) is 30.7 Å². The summed E-state index contributed by atoms with van der Waals surface area (Å²) < 4.78 is 0. The lowest BCUT2D eigenvalue weighted by molar-refractivity contribution is -0.383. The Kier molecular flexibility index (Phi) is 4.17. The molecule has 0 fully saturated rings. The number of aromatic nitrogens is 2. The quantitative estimate of drug-likeness (QED) is 0.498. The van der Waals surface area contributed by atoms with Gasteiger partial charge in [0.25, 0.3) is 11.6 Å². The van der Waals surface area contributed by atoms with Crippen LogP contribution in [0.4, 0.5) is 11.4 Å². The summed E-state index contributed by atoms with van der Waals surface area (Å²) >= 11 is 0. The largest absolute Gasteiger partial charge is 0.507 e. The standard InChI is InChI=1S/C17H14N4O4/c1-10-5-4-6-11(16(10)22)13-9-14(20-19-13)17(23)18-12-7-2-3-8-15(12)21(24)25/h2-9,22H,1H3,(H,18,23)(H,19,20). The molecule has 0 saturated carbocycles. The highest BCUT2D eigenvalue weighted by molar-refractivity contribution is 6.04. The first-order chi connectivity index (χ1) is 12.0. The fraction of sp³-hybridized carbons (Fsp3) is 0.0588. The van der Waals surface area contributed by atoms with E-state index in [0.29, 0.717) is 16.8 Å². The Labute approximate surface area is 142 Å². The first-order valence-corrected chi connectivity index (χ1v) is 7.36. The molecule has 8 nitrogen and oxygen atoms in total.